The molecule has 0 aliphatic carbocycles. The fourth-order valence-corrected chi connectivity index (χ4v) is 2.21. The van der Waals surface area contributed by atoms with Gasteiger partial charge in [0.1, 0.15) is 5.69 Å². The Labute approximate surface area is 124 Å². The van der Waals surface area contributed by atoms with Gasteiger partial charge in [-0.1, -0.05) is 6.07 Å². The summed E-state index contributed by atoms with van der Waals surface area (Å²) in [4.78, 5) is 0. The molecule has 1 unspecified atom stereocenters. The van der Waals surface area contributed by atoms with E-state index in [-0.39, 0.29) is 11.3 Å². The van der Waals surface area contributed by atoms with Crippen molar-refractivity contribution < 1.29 is 8.78 Å². The van der Waals surface area contributed by atoms with Gasteiger partial charge >= 0.3 is 0 Å². The first-order valence-corrected chi connectivity index (χ1v) is 6.55. The van der Waals surface area contributed by atoms with Crippen LogP contribution in [0.15, 0.2) is 36.5 Å². The van der Waals surface area contributed by atoms with Crippen molar-refractivity contribution in [1.29, 1.82) is 5.26 Å². The van der Waals surface area contributed by atoms with Crippen molar-refractivity contribution >= 4 is 11.3 Å². The number of nitrogens with one attached hydrogen (secondary N) is 1. The second-order valence-electron chi connectivity index (χ2n) is 4.78. The van der Waals surface area contributed by atoms with Crippen molar-refractivity contribution in [2.75, 3.05) is 5.32 Å². The SMILES string of the molecule is CC(Nc1c(F)cc(C#N)cc1F)c1nnc2ccccn12. The highest BCUT2D eigenvalue weighted by atomic mass is 19.1. The highest BCUT2D eigenvalue weighted by molar-refractivity contribution is 5.51. The number of halogens is 2. The predicted molar refractivity (Wildman–Crippen MR) is 76.1 cm³/mol. The van der Waals surface area contributed by atoms with Crippen molar-refractivity contribution in [1.82, 2.24) is 14.6 Å². The quantitative estimate of drug-likeness (QED) is 0.807. The van der Waals surface area contributed by atoms with Gasteiger partial charge in [0.15, 0.2) is 23.1 Å². The molecule has 0 amide bonds. The van der Waals surface area contributed by atoms with Gasteiger partial charge in [0, 0.05) is 6.20 Å². The van der Waals surface area contributed by atoms with Crippen LogP contribution in [0.1, 0.15) is 24.4 Å². The summed E-state index contributed by atoms with van der Waals surface area (Å²) in [5.74, 6) is -1.12. The van der Waals surface area contributed by atoms with Gasteiger partial charge in [-0.2, -0.15) is 5.26 Å². The summed E-state index contributed by atoms with van der Waals surface area (Å²) in [6.45, 7) is 1.72. The molecule has 7 heteroatoms. The van der Waals surface area contributed by atoms with Crippen LogP contribution in [0, 0.1) is 23.0 Å². The van der Waals surface area contributed by atoms with Crippen molar-refractivity contribution in [3.8, 4) is 6.07 Å². The molecular weight excluding hydrogens is 288 g/mol. The Morgan fingerprint density at radius 2 is 1.95 bits per heavy atom. The molecule has 110 valence electrons. The summed E-state index contributed by atoms with van der Waals surface area (Å²) in [5, 5.41) is 19.5. The Morgan fingerprint density at radius 3 is 2.64 bits per heavy atom. The van der Waals surface area contributed by atoms with E-state index in [0.717, 1.165) is 12.1 Å². The minimum absolute atomic E-state index is 0.0684. The van der Waals surface area contributed by atoms with E-state index in [9.17, 15) is 8.78 Å². The summed E-state index contributed by atoms with van der Waals surface area (Å²) in [6, 6.07) is 8.63. The number of anilines is 1. The number of fused-ring (bicyclic) bond motifs is 1. The third-order valence-corrected chi connectivity index (χ3v) is 3.26. The zero-order valence-electron chi connectivity index (χ0n) is 11.6. The van der Waals surface area contributed by atoms with E-state index in [1.165, 1.54) is 0 Å². The number of hydrogen-bond acceptors (Lipinski definition) is 4. The van der Waals surface area contributed by atoms with E-state index in [0.29, 0.717) is 11.5 Å². The molecule has 2 heterocycles. The van der Waals surface area contributed by atoms with Gasteiger partial charge in [0.2, 0.25) is 0 Å². The Kier molecular flexibility index (Phi) is 3.43. The maximum absolute atomic E-state index is 13.9. The van der Waals surface area contributed by atoms with Crippen LogP contribution < -0.4 is 5.32 Å². The normalized spacial score (nSPS) is 12.1. The highest BCUT2D eigenvalue weighted by Crippen LogP contribution is 2.25. The van der Waals surface area contributed by atoms with Crippen molar-refractivity contribution in [2.24, 2.45) is 0 Å². The first-order chi connectivity index (χ1) is 10.6. The maximum Gasteiger partial charge on any atom is 0.160 e. The Bertz CT molecular complexity index is 858. The lowest BCUT2D eigenvalue weighted by Crippen LogP contribution is -2.13. The number of nitrogens with zero attached hydrogens (tertiary/aromatic N) is 4. The lowest BCUT2D eigenvalue weighted by molar-refractivity contribution is 0.582. The summed E-state index contributed by atoms with van der Waals surface area (Å²) in [6.07, 6.45) is 1.77. The van der Waals surface area contributed by atoms with Crippen LogP contribution >= 0.6 is 0 Å². The van der Waals surface area contributed by atoms with Gasteiger partial charge < -0.3 is 5.32 Å². The number of pyridine rings is 1. The van der Waals surface area contributed by atoms with Crippen molar-refractivity contribution in [2.45, 2.75) is 13.0 Å². The molecule has 1 atom stereocenters. The number of aromatic nitrogens is 3. The Hall–Kier alpha value is -3.01. The van der Waals surface area contributed by atoms with E-state index in [4.69, 9.17) is 5.26 Å². The van der Waals surface area contributed by atoms with Crippen LogP contribution in [0.5, 0.6) is 0 Å². The first-order valence-electron chi connectivity index (χ1n) is 6.55. The summed E-state index contributed by atoms with van der Waals surface area (Å²) in [7, 11) is 0. The molecule has 0 saturated carbocycles. The monoisotopic (exact) mass is 299 g/mol. The van der Waals surface area contributed by atoms with Gasteiger partial charge in [-0.15, -0.1) is 10.2 Å². The topological polar surface area (TPSA) is 66.0 Å². The van der Waals surface area contributed by atoms with Gasteiger partial charge in [-0.3, -0.25) is 4.40 Å². The van der Waals surface area contributed by atoms with Crippen LogP contribution in [0.4, 0.5) is 14.5 Å². The van der Waals surface area contributed by atoms with Gasteiger partial charge in [0.05, 0.1) is 17.7 Å². The number of rotatable bonds is 3. The average Bonchev–Trinajstić information content (AvgIpc) is 2.94. The molecular formula is C15H11F2N5. The predicted octanol–water partition coefficient (Wildman–Crippen LogP) is 3.05. The molecule has 3 rings (SSSR count). The number of nitriles is 1. The molecule has 0 bridgehead atoms. The lowest BCUT2D eigenvalue weighted by Gasteiger charge is -2.15. The number of hydrogen-bond donors (Lipinski definition) is 1. The number of benzene rings is 1. The molecule has 1 aromatic carbocycles. The van der Waals surface area contributed by atoms with Gasteiger partial charge in [0.25, 0.3) is 0 Å². The molecule has 0 aliphatic rings. The fourth-order valence-electron chi connectivity index (χ4n) is 2.21. The first kappa shape index (κ1) is 13.9. The lowest BCUT2D eigenvalue weighted by atomic mass is 10.2. The highest BCUT2D eigenvalue weighted by Gasteiger charge is 2.18. The van der Waals surface area contributed by atoms with Crippen LogP contribution in [0.3, 0.4) is 0 Å². The molecule has 0 spiro atoms. The van der Waals surface area contributed by atoms with E-state index in [1.54, 1.807) is 29.7 Å². The molecule has 22 heavy (non-hydrogen) atoms. The summed E-state index contributed by atoms with van der Waals surface area (Å²) < 4.78 is 29.6. The molecule has 0 saturated heterocycles. The van der Waals surface area contributed by atoms with Crippen molar-refractivity contribution in [3.05, 3.63) is 59.6 Å². The van der Waals surface area contributed by atoms with Gasteiger partial charge in [-0.05, 0) is 31.2 Å². The van der Waals surface area contributed by atoms with Crippen LogP contribution in [-0.2, 0) is 0 Å². The van der Waals surface area contributed by atoms with Crippen molar-refractivity contribution in [3.63, 3.8) is 0 Å². The van der Waals surface area contributed by atoms with E-state index >= 15 is 0 Å². The molecule has 1 N–H and O–H groups in total. The maximum atomic E-state index is 13.9. The minimum Gasteiger partial charge on any atom is -0.371 e. The van der Waals surface area contributed by atoms with Gasteiger partial charge in [-0.25, -0.2) is 8.78 Å². The third kappa shape index (κ3) is 2.35. The van der Waals surface area contributed by atoms with E-state index in [1.807, 2.05) is 12.1 Å². The molecule has 5 nitrogen and oxygen atoms in total. The third-order valence-electron chi connectivity index (χ3n) is 3.26. The molecule has 0 radical (unpaired) electrons. The molecule has 2 aromatic heterocycles. The standard InChI is InChI=1S/C15H11F2N5/c1-9(15-21-20-13-4-2-3-5-22(13)15)19-14-11(16)6-10(8-18)7-12(14)17/h2-7,9,19H,1H3. The molecule has 3 aromatic rings. The Morgan fingerprint density at radius 1 is 1.23 bits per heavy atom. The van der Waals surface area contributed by atoms with E-state index < -0.39 is 17.7 Å². The second-order valence-corrected chi connectivity index (χ2v) is 4.78. The van der Waals surface area contributed by atoms with Crippen LogP contribution in [0.25, 0.3) is 5.65 Å². The minimum atomic E-state index is -0.822. The molecule has 0 fully saturated rings. The van der Waals surface area contributed by atoms with Crippen LogP contribution in [-0.4, -0.2) is 14.6 Å². The zero-order chi connectivity index (χ0) is 15.7. The molecule has 0 aliphatic heterocycles. The zero-order valence-corrected chi connectivity index (χ0v) is 11.6. The summed E-state index contributed by atoms with van der Waals surface area (Å²) in [5.41, 5.74) is 0.284. The smallest absolute Gasteiger partial charge is 0.160 e. The van der Waals surface area contributed by atoms with E-state index in [2.05, 4.69) is 15.5 Å². The second kappa shape index (κ2) is 5.41. The largest absolute Gasteiger partial charge is 0.371 e. The van der Waals surface area contributed by atoms with Crippen LogP contribution in [0.2, 0.25) is 0 Å². The Balaban J connectivity index is 1.95. The average molecular weight is 299 g/mol. The fraction of sp³-hybridized carbons (Fsp3) is 0.133. The summed E-state index contributed by atoms with van der Waals surface area (Å²) >= 11 is 0.